The van der Waals surface area contributed by atoms with E-state index in [4.69, 9.17) is 11.6 Å². The average molecular weight is 359 g/mol. The van der Waals surface area contributed by atoms with Crippen molar-refractivity contribution >= 4 is 17.5 Å². The molecule has 2 aliphatic heterocycles. The molecule has 3 heterocycles. The van der Waals surface area contributed by atoms with Crippen LogP contribution in [0.3, 0.4) is 0 Å². The molecule has 1 unspecified atom stereocenters. The Bertz CT molecular complexity index is 773. The maximum Gasteiger partial charge on any atom is 0.227 e. The van der Waals surface area contributed by atoms with Gasteiger partial charge in [-0.2, -0.15) is 0 Å². The predicted molar refractivity (Wildman–Crippen MR) is 96.4 cm³/mol. The number of aromatic nitrogens is 3. The zero-order valence-electron chi connectivity index (χ0n) is 14.3. The van der Waals surface area contributed by atoms with Gasteiger partial charge in [0.15, 0.2) is 5.82 Å². The predicted octanol–water partition coefficient (Wildman–Crippen LogP) is 3.56. The first kappa shape index (κ1) is 16.6. The Hall–Kier alpha value is -1.88. The molecule has 1 aromatic heterocycles. The van der Waals surface area contributed by atoms with Gasteiger partial charge in [0.2, 0.25) is 5.91 Å². The third-order valence-corrected chi connectivity index (χ3v) is 5.68. The summed E-state index contributed by atoms with van der Waals surface area (Å²) in [7, 11) is 0. The van der Waals surface area contributed by atoms with Crippen molar-refractivity contribution in [3.05, 3.63) is 46.5 Å². The molecule has 0 saturated carbocycles. The molecule has 1 aromatic carbocycles. The fourth-order valence-corrected chi connectivity index (χ4v) is 4.20. The molecule has 132 valence electrons. The van der Waals surface area contributed by atoms with Crippen molar-refractivity contribution in [2.24, 2.45) is 0 Å². The van der Waals surface area contributed by atoms with E-state index in [2.05, 4.69) is 14.8 Å². The topological polar surface area (TPSA) is 51.0 Å². The Morgan fingerprint density at radius 2 is 2.00 bits per heavy atom. The fourth-order valence-electron chi connectivity index (χ4n) is 3.99. The van der Waals surface area contributed by atoms with Crippen LogP contribution >= 0.6 is 11.6 Å². The lowest BCUT2D eigenvalue weighted by atomic mass is 10.1. The third kappa shape index (κ3) is 3.30. The minimum absolute atomic E-state index is 0.0503. The first-order valence-corrected chi connectivity index (χ1v) is 9.56. The van der Waals surface area contributed by atoms with Crippen LogP contribution in [0.15, 0.2) is 24.3 Å². The van der Waals surface area contributed by atoms with Gasteiger partial charge in [0.1, 0.15) is 5.82 Å². The maximum atomic E-state index is 12.9. The molecule has 1 atom stereocenters. The first-order valence-electron chi connectivity index (χ1n) is 9.19. The average Bonchev–Trinajstić information content (AvgIpc) is 3.18. The van der Waals surface area contributed by atoms with Gasteiger partial charge in [-0.15, -0.1) is 10.2 Å². The van der Waals surface area contributed by atoms with E-state index in [9.17, 15) is 4.79 Å². The van der Waals surface area contributed by atoms with E-state index >= 15 is 0 Å². The van der Waals surface area contributed by atoms with Crippen molar-refractivity contribution in [3.63, 3.8) is 0 Å². The SMILES string of the molecule is O=C(Cc1ccccc1Cl)N1CCCC1c1nnc2n1CCCCC2. The van der Waals surface area contributed by atoms with Crippen molar-refractivity contribution in [1.29, 1.82) is 0 Å². The van der Waals surface area contributed by atoms with Crippen LogP contribution in [0.1, 0.15) is 55.4 Å². The number of benzene rings is 1. The monoisotopic (exact) mass is 358 g/mol. The number of carbonyl (C=O) groups is 1. The summed E-state index contributed by atoms with van der Waals surface area (Å²) in [5.74, 6) is 2.18. The summed E-state index contributed by atoms with van der Waals surface area (Å²) in [6.07, 6.45) is 6.90. The van der Waals surface area contributed by atoms with E-state index in [1.807, 2.05) is 29.2 Å². The number of rotatable bonds is 3. The van der Waals surface area contributed by atoms with E-state index < -0.39 is 0 Å². The summed E-state index contributed by atoms with van der Waals surface area (Å²) in [6, 6.07) is 7.63. The molecule has 0 bridgehead atoms. The van der Waals surface area contributed by atoms with Gasteiger partial charge in [0, 0.05) is 24.5 Å². The van der Waals surface area contributed by atoms with Crippen LogP contribution in [0.2, 0.25) is 5.02 Å². The highest BCUT2D eigenvalue weighted by atomic mass is 35.5. The van der Waals surface area contributed by atoms with Gasteiger partial charge in [-0.25, -0.2) is 0 Å². The number of hydrogen-bond acceptors (Lipinski definition) is 3. The molecular formula is C19H23ClN4O. The number of likely N-dealkylation sites (tertiary alicyclic amines) is 1. The first-order chi connectivity index (χ1) is 12.2. The molecule has 0 N–H and O–H groups in total. The zero-order chi connectivity index (χ0) is 17.2. The molecule has 2 aromatic rings. The second kappa shape index (κ2) is 7.16. The molecule has 0 spiro atoms. The van der Waals surface area contributed by atoms with Gasteiger partial charge < -0.3 is 9.47 Å². The van der Waals surface area contributed by atoms with Crippen molar-refractivity contribution in [1.82, 2.24) is 19.7 Å². The van der Waals surface area contributed by atoms with Crippen molar-refractivity contribution < 1.29 is 4.79 Å². The van der Waals surface area contributed by atoms with Gasteiger partial charge >= 0.3 is 0 Å². The zero-order valence-corrected chi connectivity index (χ0v) is 15.1. The van der Waals surface area contributed by atoms with Crippen molar-refractivity contribution in [2.45, 2.75) is 57.5 Å². The summed E-state index contributed by atoms with van der Waals surface area (Å²) >= 11 is 6.23. The van der Waals surface area contributed by atoms with Crippen LogP contribution in [-0.2, 0) is 24.2 Å². The smallest absolute Gasteiger partial charge is 0.227 e. The van der Waals surface area contributed by atoms with Crippen LogP contribution in [0.25, 0.3) is 0 Å². The molecule has 4 rings (SSSR count). The Labute approximate surface area is 153 Å². The Morgan fingerprint density at radius 3 is 2.88 bits per heavy atom. The van der Waals surface area contributed by atoms with Crippen molar-refractivity contribution in [2.75, 3.05) is 6.54 Å². The molecule has 1 saturated heterocycles. The largest absolute Gasteiger partial charge is 0.332 e. The fraction of sp³-hybridized carbons (Fsp3) is 0.526. The number of aryl methyl sites for hydroxylation is 1. The summed E-state index contributed by atoms with van der Waals surface area (Å²) < 4.78 is 2.26. The summed E-state index contributed by atoms with van der Waals surface area (Å²) in [5, 5.41) is 9.53. The lowest BCUT2D eigenvalue weighted by Gasteiger charge is -2.25. The van der Waals surface area contributed by atoms with E-state index in [0.29, 0.717) is 11.4 Å². The summed E-state index contributed by atoms with van der Waals surface area (Å²) in [5.41, 5.74) is 0.889. The molecule has 1 fully saturated rings. The second-order valence-electron chi connectivity index (χ2n) is 6.95. The van der Waals surface area contributed by atoms with Crippen LogP contribution in [-0.4, -0.2) is 32.1 Å². The number of halogens is 1. The Balaban J connectivity index is 1.56. The van der Waals surface area contributed by atoms with E-state index in [0.717, 1.165) is 49.6 Å². The number of nitrogens with zero attached hydrogens (tertiary/aromatic N) is 4. The highest BCUT2D eigenvalue weighted by Gasteiger charge is 2.34. The Morgan fingerprint density at radius 1 is 1.12 bits per heavy atom. The molecule has 0 radical (unpaired) electrons. The number of fused-ring (bicyclic) bond motifs is 1. The van der Waals surface area contributed by atoms with Gasteiger partial charge in [0.05, 0.1) is 12.5 Å². The maximum absolute atomic E-state index is 12.9. The molecule has 1 amide bonds. The van der Waals surface area contributed by atoms with E-state index in [1.54, 1.807) is 0 Å². The lowest BCUT2D eigenvalue weighted by molar-refractivity contribution is -0.131. The molecular weight excluding hydrogens is 336 g/mol. The van der Waals surface area contributed by atoms with Crippen LogP contribution < -0.4 is 0 Å². The molecule has 0 aliphatic carbocycles. The lowest BCUT2D eigenvalue weighted by Crippen LogP contribution is -2.33. The van der Waals surface area contributed by atoms with Crippen molar-refractivity contribution in [3.8, 4) is 0 Å². The molecule has 6 heteroatoms. The standard InChI is InChI=1S/C19H23ClN4O/c20-15-8-4-3-7-14(15)13-18(25)23-12-6-9-16(23)19-22-21-17-10-2-1-5-11-24(17)19/h3-4,7-8,16H,1-2,5-6,9-13H2. The van der Waals surface area contributed by atoms with Crippen LogP contribution in [0.5, 0.6) is 0 Å². The van der Waals surface area contributed by atoms with Gasteiger partial charge in [-0.1, -0.05) is 36.2 Å². The summed E-state index contributed by atoms with van der Waals surface area (Å²) in [4.78, 5) is 14.9. The van der Waals surface area contributed by atoms with Gasteiger partial charge in [-0.3, -0.25) is 4.79 Å². The van der Waals surface area contributed by atoms with Gasteiger partial charge in [-0.05, 0) is 37.3 Å². The quantitative estimate of drug-likeness (QED) is 0.842. The number of amides is 1. The molecule has 5 nitrogen and oxygen atoms in total. The normalized spacial score (nSPS) is 20.4. The van der Waals surface area contributed by atoms with Gasteiger partial charge in [0.25, 0.3) is 0 Å². The van der Waals surface area contributed by atoms with Crippen LogP contribution in [0, 0.1) is 0 Å². The minimum Gasteiger partial charge on any atom is -0.332 e. The molecule has 2 aliphatic rings. The second-order valence-corrected chi connectivity index (χ2v) is 7.36. The minimum atomic E-state index is 0.0503. The number of hydrogen-bond donors (Lipinski definition) is 0. The molecule has 25 heavy (non-hydrogen) atoms. The van der Waals surface area contributed by atoms with E-state index in [1.165, 1.54) is 19.3 Å². The highest BCUT2D eigenvalue weighted by molar-refractivity contribution is 6.31. The van der Waals surface area contributed by atoms with E-state index in [-0.39, 0.29) is 11.9 Å². The third-order valence-electron chi connectivity index (χ3n) is 5.31. The number of carbonyl (C=O) groups excluding carboxylic acids is 1. The highest BCUT2D eigenvalue weighted by Crippen LogP contribution is 2.33. The van der Waals surface area contributed by atoms with Crippen LogP contribution in [0.4, 0.5) is 0 Å². The summed E-state index contributed by atoms with van der Waals surface area (Å²) in [6.45, 7) is 1.76. The Kier molecular flexibility index (Phi) is 4.75.